The van der Waals surface area contributed by atoms with E-state index in [1.165, 1.54) is 6.20 Å². The average Bonchev–Trinajstić information content (AvgIpc) is 2.79. The number of nitrogens with one attached hydrogen (secondary N) is 1. The fourth-order valence-electron chi connectivity index (χ4n) is 1.96. The Bertz CT molecular complexity index is 566. The highest BCUT2D eigenvalue weighted by molar-refractivity contribution is 7.89. The summed E-state index contributed by atoms with van der Waals surface area (Å²) in [6.45, 7) is 4.71. The largest absolute Gasteiger partial charge is 0.481 e. The van der Waals surface area contributed by atoms with E-state index < -0.39 is 16.0 Å². The van der Waals surface area contributed by atoms with Gasteiger partial charge in [0.2, 0.25) is 0 Å². The van der Waals surface area contributed by atoms with E-state index in [9.17, 15) is 13.2 Å². The third kappa shape index (κ3) is 5.84. The Balaban J connectivity index is 2.34. The van der Waals surface area contributed by atoms with Crippen LogP contribution >= 0.6 is 0 Å². The van der Waals surface area contributed by atoms with Crippen LogP contribution in [0.25, 0.3) is 0 Å². The molecule has 0 bridgehead atoms. The highest BCUT2D eigenvalue weighted by Gasteiger charge is 2.18. The normalized spacial score (nSPS) is 11.7. The second-order valence-electron chi connectivity index (χ2n) is 4.87. The van der Waals surface area contributed by atoms with Crippen LogP contribution in [0.5, 0.6) is 0 Å². The van der Waals surface area contributed by atoms with Gasteiger partial charge in [-0.1, -0.05) is 12.8 Å². The first-order valence-corrected chi connectivity index (χ1v) is 8.60. The number of nitrogens with zero attached hydrogens (tertiary/aromatic N) is 2. The van der Waals surface area contributed by atoms with Crippen molar-refractivity contribution in [3.63, 3.8) is 0 Å². The van der Waals surface area contributed by atoms with Crippen molar-refractivity contribution in [2.24, 2.45) is 0 Å². The lowest BCUT2D eigenvalue weighted by Crippen LogP contribution is -2.25. The van der Waals surface area contributed by atoms with Gasteiger partial charge >= 0.3 is 5.97 Å². The van der Waals surface area contributed by atoms with Gasteiger partial charge in [0.25, 0.3) is 10.0 Å². The summed E-state index contributed by atoms with van der Waals surface area (Å²) in [6.07, 6.45) is 4.61. The SMILES string of the molecule is CCn1cc(S(=O)(=O)NCCCCCCC(=O)O)nc1C. The Morgan fingerprint density at radius 1 is 1.33 bits per heavy atom. The lowest BCUT2D eigenvalue weighted by atomic mass is 10.1. The molecule has 1 aromatic heterocycles. The van der Waals surface area contributed by atoms with Crippen molar-refractivity contribution in [3.8, 4) is 0 Å². The number of carboxylic acids is 1. The van der Waals surface area contributed by atoms with E-state index in [0.717, 1.165) is 12.8 Å². The molecule has 0 saturated carbocycles. The molecular weight excluding hydrogens is 294 g/mol. The van der Waals surface area contributed by atoms with E-state index in [1.54, 1.807) is 11.5 Å². The molecule has 0 aliphatic carbocycles. The fraction of sp³-hybridized carbons (Fsp3) is 0.692. The highest BCUT2D eigenvalue weighted by Crippen LogP contribution is 2.09. The molecule has 1 heterocycles. The summed E-state index contributed by atoms with van der Waals surface area (Å²) in [4.78, 5) is 14.4. The number of hydrogen-bond donors (Lipinski definition) is 2. The van der Waals surface area contributed by atoms with E-state index in [0.29, 0.717) is 31.8 Å². The first-order chi connectivity index (χ1) is 9.86. The molecular formula is C13H23N3O4S. The van der Waals surface area contributed by atoms with Crippen LogP contribution in [0.4, 0.5) is 0 Å². The van der Waals surface area contributed by atoms with E-state index in [2.05, 4.69) is 9.71 Å². The second-order valence-corrected chi connectivity index (χ2v) is 6.58. The van der Waals surface area contributed by atoms with Crippen LogP contribution in [0.3, 0.4) is 0 Å². The van der Waals surface area contributed by atoms with Crippen molar-refractivity contribution < 1.29 is 18.3 Å². The smallest absolute Gasteiger partial charge is 0.303 e. The van der Waals surface area contributed by atoms with Crippen LogP contribution in [0.15, 0.2) is 11.2 Å². The maximum atomic E-state index is 12.0. The van der Waals surface area contributed by atoms with Gasteiger partial charge in [0.1, 0.15) is 5.82 Å². The molecule has 0 unspecified atom stereocenters. The molecule has 2 N–H and O–H groups in total. The molecule has 21 heavy (non-hydrogen) atoms. The Hall–Kier alpha value is -1.41. The molecule has 0 atom stereocenters. The topological polar surface area (TPSA) is 101 Å². The minimum absolute atomic E-state index is 0.0488. The van der Waals surface area contributed by atoms with E-state index >= 15 is 0 Å². The molecule has 0 radical (unpaired) electrons. The van der Waals surface area contributed by atoms with Gasteiger partial charge < -0.3 is 9.67 Å². The summed E-state index contributed by atoms with van der Waals surface area (Å²) in [7, 11) is -3.55. The standard InChI is InChI=1S/C13H23N3O4S/c1-3-16-10-12(15-11(16)2)21(19,20)14-9-7-5-4-6-8-13(17)18/h10,14H,3-9H2,1-2H3,(H,17,18). The van der Waals surface area contributed by atoms with Gasteiger partial charge in [-0.05, 0) is 26.7 Å². The molecule has 0 aliphatic rings. The number of hydrogen-bond acceptors (Lipinski definition) is 4. The van der Waals surface area contributed by atoms with Gasteiger partial charge in [-0.3, -0.25) is 4.79 Å². The molecule has 0 aromatic carbocycles. The van der Waals surface area contributed by atoms with Crippen LogP contribution < -0.4 is 4.72 Å². The Kier molecular flexibility index (Phi) is 6.83. The quantitative estimate of drug-likeness (QED) is 0.637. The molecule has 8 heteroatoms. The maximum Gasteiger partial charge on any atom is 0.303 e. The predicted molar refractivity (Wildman–Crippen MR) is 78.5 cm³/mol. The predicted octanol–water partition coefficient (Wildman–Crippen LogP) is 1.52. The number of aromatic nitrogens is 2. The van der Waals surface area contributed by atoms with Gasteiger partial charge in [0.15, 0.2) is 5.03 Å². The molecule has 120 valence electrons. The maximum absolute atomic E-state index is 12.0. The number of sulfonamides is 1. The molecule has 0 fully saturated rings. The van der Waals surface area contributed by atoms with Crippen molar-refractivity contribution in [3.05, 3.63) is 12.0 Å². The fourth-order valence-corrected chi connectivity index (χ4v) is 3.04. The zero-order chi connectivity index (χ0) is 15.9. The molecule has 0 amide bonds. The van der Waals surface area contributed by atoms with E-state index in [1.807, 2.05) is 6.92 Å². The molecule has 0 spiro atoms. The van der Waals surface area contributed by atoms with Gasteiger partial charge in [-0.2, -0.15) is 0 Å². The lowest BCUT2D eigenvalue weighted by Gasteiger charge is -2.04. The monoisotopic (exact) mass is 317 g/mol. The summed E-state index contributed by atoms with van der Waals surface area (Å²) in [5.74, 6) is -0.121. The van der Waals surface area contributed by atoms with E-state index in [-0.39, 0.29) is 11.4 Å². The molecule has 7 nitrogen and oxygen atoms in total. The zero-order valence-electron chi connectivity index (χ0n) is 12.5. The first kappa shape index (κ1) is 17.6. The van der Waals surface area contributed by atoms with E-state index in [4.69, 9.17) is 5.11 Å². The highest BCUT2D eigenvalue weighted by atomic mass is 32.2. The van der Waals surface area contributed by atoms with Crippen LogP contribution in [-0.4, -0.2) is 35.6 Å². The van der Waals surface area contributed by atoms with Gasteiger partial charge in [-0.15, -0.1) is 0 Å². The summed E-state index contributed by atoms with van der Waals surface area (Å²) >= 11 is 0. The minimum atomic E-state index is -3.55. The summed E-state index contributed by atoms with van der Waals surface area (Å²) in [6, 6.07) is 0. The Morgan fingerprint density at radius 2 is 2.00 bits per heavy atom. The third-order valence-electron chi connectivity index (χ3n) is 3.18. The Labute approximate surface area is 125 Å². The number of rotatable bonds is 10. The van der Waals surface area contributed by atoms with Crippen molar-refractivity contribution in [2.75, 3.05) is 6.54 Å². The van der Waals surface area contributed by atoms with Gasteiger partial charge in [0, 0.05) is 25.7 Å². The average molecular weight is 317 g/mol. The number of imidazole rings is 1. The van der Waals surface area contributed by atoms with Crippen LogP contribution in [0.1, 0.15) is 44.9 Å². The van der Waals surface area contributed by atoms with Crippen molar-refractivity contribution in [2.45, 2.75) is 57.5 Å². The minimum Gasteiger partial charge on any atom is -0.481 e. The number of aliphatic carboxylic acids is 1. The van der Waals surface area contributed by atoms with Crippen molar-refractivity contribution in [1.29, 1.82) is 0 Å². The van der Waals surface area contributed by atoms with Crippen LogP contribution in [-0.2, 0) is 21.4 Å². The summed E-state index contributed by atoms with van der Waals surface area (Å²) < 4.78 is 28.4. The summed E-state index contributed by atoms with van der Waals surface area (Å²) in [5, 5.41) is 8.54. The van der Waals surface area contributed by atoms with Gasteiger partial charge in [-0.25, -0.2) is 18.1 Å². The summed E-state index contributed by atoms with van der Waals surface area (Å²) in [5.41, 5.74) is 0. The Morgan fingerprint density at radius 3 is 2.57 bits per heavy atom. The number of unbranched alkanes of at least 4 members (excludes halogenated alkanes) is 3. The number of carbonyl (C=O) groups is 1. The molecule has 0 saturated heterocycles. The van der Waals surface area contributed by atoms with Crippen molar-refractivity contribution in [1.82, 2.24) is 14.3 Å². The zero-order valence-corrected chi connectivity index (χ0v) is 13.3. The van der Waals surface area contributed by atoms with Crippen LogP contribution in [0.2, 0.25) is 0 Å². The molecule has 0 aliphatic heterocycles. The van der Waals surface area contributed by atoms with Crippen LogP contribution in [0, 0.1) is 6.92 Å². The number of aryl methyl sites for hydroxylation is 2. The molecule has 1 rings (SSSR count). The lowest BCUT2D eigenvalue weighted by molar-refractivity contribution is -0.137. The first-order valence-electron chi connectivity index (χ1n) is 7.12. The van der Waals surface area contributed by atoms with Crippen molar-refractivity contribution >= 4 is 16.0 Å². The van der Waals surface area contributed by atoms with Gasteiger partial charge in [0.05, 0.1) is 0 Å². The molecule has 1 aromatic rings. The second kappa shape index (κ2) is 8.14. The number of carboxylic acid groups (broad SMARTS) is 1. The third-order valence-corrected chi connectivity index (χ3v) is 4.51.